The summed E-state index contributed by atoms with van der Waals surface area (Å²) in [5.41, 5.74) is 7.23. The summed E-state index contributed by atoms with van der Waals surface area (Å²) >= 11 is 1.59. The molecule has 0 spiro atoms. The fourth-order valence-electron chi connectivity index (χ4n) is 1.86. The molecule has 5 nitrogen and oxygen atoms in total. The minimum atomic E-state index is 0.0320. The van der Waals surface area contributed by atoms with E-state index < -0.39 is 0 Å². The van der Waals surface area contributed by atoms with Crippen molar-refractivity contribution in [1.82, 2.24) is 9.88 Å². The Bertz CT molecular complexity index is 612. The van der Waals surface area contributed by atoms with Crippen LogP contribution < -0.4 is 10.5 Å². The number of hydrogen-bond acceptors (Lipinski definition) is 5. The number of thiazole rings is 1. The second-order valence-electron chi connectivity index (χ2n) is 4.78. The fraction of sp³-hybridized carbons (Fsp3) is 0.333. The number of anilines is 1. The van der Waals surface area contributed by atoms with Crippen molar-refractivity contribution in [3.8, 4) is 5.75 Å². The lowest BCUT2D eigenvalue weighted by Gasteiger charge is -2.16. The molecule has 2 N–H and O–H groups in total. The Morgan fingerprint density at radius 3 is 2.95 bits per heavy atom. The van der Waals surface area contributed by atoms with E-state index in [1.807, 2.05) is 24.4 Å². The number of rotatable bonds is 6. The molecule has 0 saturated carbocycles. The highest BCUT2D eigenvalue weighted by Crippen LogP contribution is 2.15. The van der Waals surface area contributed by atoms with Gasteiger partial charge in [-0.15, -0.1) is 11.3 Å². The number of benzene rings is 1. The second kappa shape index (κ2) is 7.08. The predicted octanol–water partition coefficient (Wildman–Crippen LogP) is 2.46. The zero-order valence-electron chi connectivity index (χ0n) is 12.2. The van der Waals surface area contributed by atoms with Crippen LogP contribution in [0.1, 0.15) is 17.1 Å². The molecule has 2 rings (SSSR count). The molecule has 0 aliphatic heterocycles. The Kier molecular flexibility index (Phi) is 5.16. The van der Waals surface area contributed by atoms with E-state index in [9.17, 15) is 4.79 Å². The van der Waals surface area contributed by atoms with Crippen molar-refractivity contribution in [1.29, 1.82) is 0 Å². The lowest BCUT2D eigenvalue weighted by Crippen LogP contribution is -2.27. The maximum Gasteiger partial charge on any atom is 0.226 e. The topological polar surface area (TPSA) is 68.5 Å². The molecule has 112 valence electrons. The van der Waals surface area contributed by atoms with E-state index in [4.69, 9.17) is 10.5 Å². The summed E-state index contributed by atoms with van der Waals surface area (Å²) in [5, 5.41) is 2.98. The van der Waals surface area contributed by atoms with E-state index in [0.717, 1.165) is 10.7 Å². The largest absolute Gasteiger partial charge is 0.493 e. The summed E-state index contributed by atoms with van der Waals surface area (Å²) in [6.45, 7) is 2.82. The normalized spacial score (nSPS) is 10.4. The highest BCUT2D eigenvalue weighted by Gasteiger charge is 2.11. The Morgan fingerprint density at radius 1 is 1.48 bits per heavy atom. The molecule has 0 atom stereocenters. The van der Waals surface area contributed by atoms with Gasteiger partial charge in [-0.2, -0.15) is 0 Å². The molecule has 0 bridgehead atoms. The Balaban J connectivity index is 1.76. The average Bonchev–Trinajstić information content (AvgIpc) is 2.84. The molecule has 0 aliphatic rings. The van der Waals surface area contributed by atoms with Gasteiger partial charge in [0.2, 0.25) is 5.91 Å². The van der Waals surface area contributed by atoms with Crippen LogP contribution in [-0.2, 0) is 11.3 Å². The first-order valence-corrected chi connectivity index (χ1v) is 7.56. The van der Waals surface area contributed by atoms with Crippen LogP contribution >= 0.6 is 11.3 Å². The molecule has 1 heterocycles. The summed E-state index contributed by atoms with van der Waals surface area (Å²) in [5.74, 6) is 0.713. The number of nitrogen functional groups attached to an aromatic ring is 1. The molecule has 21 heavy (non-hydrogen) atoms. The molecular weight excluding hydrogens is 286 g/mol. The summed E-state index contributed by atoms with van der Waals surface area (Å²) in [4.78, 5) is 18.0. The number of aryl methyl sites for hydroxylation is 1. The molecular formula is C15H19N3O2S. The first-order valence-electron chi connectivity index (χ1n) is 6.68. The highest BCUT2D eigenvalue weighted by atomic mass is 32.1. The van der Waals surface area contributed by atoms with E-state index in [-0.39, 0.29) is 5.91 Å². The molecule has 0 fully saturated rings. The van der Waals surface area contributed by atoms with Gasteiger partial charge in [0.25, 0.3) is 0 Å². The summed E-state index contributed by atoms with van der Waals surface area (Å²) in [6, 6.07) is 7.18. The molecule has 0 radical (unpaired) electrons. The molecule has 0 saturated heterocycles. The SMILES string of the molecule is Cc1nc(CN(C)C(=O)CCOc2cccc(N)c2)cs1. The number of hydrogen-bond donors (Lipinski definition) is 1. The van der Waals surface area contributed by atoms with E-state index in [1.165, 1.54) is 0 Å². The maximum atomic E-state index is 12.0. The number of amides is 1. The van der Waals surface area contributed by atoms with Crippen molar-refractivity contribution in [2.75, 3.05) is 19.4 Å². The van der Waals surface area contributed by atoms with Crippen LogP contribution in [0.3, 0.4) is 0 Å². The van der Waals surface area contributed by atoms with Crippen molar-refractivity contribution < 1.29 is 9.53 Å². The van der Waals surface area contributed by atoms with E-state index in [2.05, 4.69) is 4.98 Å². The number of carbonyl (C=O) groups excluding carboxylic acids is 1. The van der Waals surface area contributed by atoms with Crippen LogP contribution in [0.5, 0.6) is 5.75 Å². The third-order valence-electron chi connectivity index (χ3n) is 2.93. The quantitative estimate of drug-likeness (QED) is 0.832. The van der Waals surface area contributed by atoms with Crippen molar-refractivity contribution in [3.05, 3.63) is 40.3 Å². The third kappa shape index (κ3) is 4.75. The summed E-state index contributed by atoms with van der Waals surface area (Å²) in [6.07, 6.45) is 0.328. The monoisotopic (exact) mass is 305 g/mol. The molecule has 1 aromatic carbocycles. The smallest absolute Gasteiger partial charge is 0.226 e. The lowest BCUT2D eigenvalue weighted by molar-refractivity contribution is -0.131. The highest BCUT2D eigenvalue weighted by molar-refractivity contribution is 7.09. The van der Waals surface area contributed by atoms with Crippen molar-refractivity contribution in [2.24, 2.45) is 0 Å². The van der Waals surface area contributed by atoms with Gasteiger partial charge in [0.05, 0.1) is 30.3 Å². The third-order valence-corrected chi connectivity index (χ3v) is 3.76. The summed E-state index contributed by atoms with van der Waals surface area (Å²) in [7, 11) is 1.78. The summed E-state index contributed by atoms with van der Waals surface area (Å²) < 4.78 is 5.52. The van der Waals surface area contributed by atoms with Gasteiger partial charge >= 0.3 is 0 Å². The molecule has 2 aromatic rings. The van der Waals surface area contributed by atoms with Crippen LogP contribution in [0.15, 0.2) is 29.6 Å². The van der Waals surface area contributed by atoms with E-state index in [1.54, 1.807) is 35.4 Å². The first kappa shape index (κ1) is 15.3. The molecule has 6 heteroatoms. The maximum absolute atomic E-state index is 12.0. The zero-order chi connectivity index (χ0) is 15.2. The minimum Gasteiger partial charge on any atom is -0.493 e. The van der Waals surface area contributed by atoms with Crippen LogP contribution in [0.2, 0.25) is 0 Å². The van der Waals surface area contributed by atoms with Gasteiger partial charge in [-0.3, -0.25) is 4.79 Å². The van der Waals surface area contributed by atoms with Crippen LogP contribution in [-0.4, -0.2) is 29.4 Å². The first-order chi connectivity index (χ1) is 10.0. The van der Waals surface area contributed by atoms with Gasteiger partial charge in [0, 0.05) is 24.2 Å². The second-order valence-corrected chi connectivity index (χ2v) is 5.84. The lowest BCUT2D eigenvalue weighted by atomic mass is 10.3. The number of aromatic nitrogens is 1. The van der Waals surface area contributed by atoms with Gasteiger partial charge in [0.1, 0.15) is 5.75 Å². The van der Waals surface area contributed by atoms with Gasteiger partial charge < -0.3 is 15.4 Å². The van der Waals surface area contributed by atoms with Crippen molar-refractivity contribution in [2.45, 2.75) is 19.9 Å². The van der Waals surface area contributed by atoms with Crippen LogP contribution in [0.25, 0.3) is 0 Å². The van der Waals surface area contributed by atoms with Gasteiger partial charge in [-0.1, -0.05) is 6.07 Å². The van der Waals surface area contributed by atoms with Gasteiger partial charge in [-0.25, -0.2) is 4.98 Å². The zero-order valence-corrected chi connectivity index (χ0v) is 13.0. The number of nitrogens with zero attached hydrogens (tertiary/aromatic N) is 2. The van der Waals surface area contributed by atoms with Crippen LogP contribution in [0, 0.1) is 6.92 Å². The van der Waals surface area contributed by atoms with Gasteiger partial charge in [0.15, 0.2) is 0 Å². The number of nitrogens with two attached hydrogens (primary N) is 1. The Hall–Kier alpha value is -2.08. The van der Waals surface area contributed by atoms with Crippen molar-refractivity contribution >= 4 is 22.9 Å². The number of carbonyl (C=O) groups is 1. The minimum absolute atomic E-state index is 0.0320. The Labute approximate surface area is 128 Å². The number of ether oxygens (including phenoxy) is 1. The van der Waals surface area contributed by atoms with Gasteiger partial charge in [-0.05, 0) is 19.1 Å². The van der Waals surface area contributed by atoms with Crippen molar-refractivity contribution in [3.63, 3.8) is 0 Å². The van der Waals surface area contributed by atoms with E-state index >= 15 is 0 Å². The Morgan fingerprint density at radius 2 is 2.29 bits per heavy atom. The molecule has 0 aliphatic carbocycles. The molecule has 0 unspecified atom stereocenters. The predicted molar refractivity (Wildman–Crippen MR) is 84.3 cm³/mol. The molecule has 1 aromatic heterocycles. The molecule has 1 amide bonds. The van der Waals surface area contributed by atoms with Crippen LogP contribution in [0.4, 0.5) is 5.69 Å². The van der Waals surface area contributed by atoms with E-state index in [0.29, 0.717) is 31.0 Å². The fourth-order valence-corrected chi connectivity index (χ4v) is 2.47. The average molecular weight is 305 g/mol. The standard InChI is InChI=1S/C15H19N3O2S/c1-11-17-13(10-21-11)9-18(2)15(19)6-7-20-14-5-3-4-12(16)8-14/h3-5,8,10H,6-7,9,16H2,1-2H3.